The molecule has 208 valence electrons. The van der Waals surface area contributed by atoms with Crippen LogP contribution in [0.3, 0.4) is 0 Å². The van der Waals surface area contributed by atoms with Crippen LogP contribution in [0.25, 0.3) is 33.9 Å². The van der Waals surface area contributed by atoms with Gasteiger partial charge in [-0.15, -0.1) is 0 Å². The fourth-order valence-corrected chi connectivity index (χ4v) is 7.79. The Morgan fingerprint density at radius 3 is 1.73 bits per heavy atom. The van der Waals surface area contributed by atoms with Crippen LogP contribution >= 0.6 is 0 Å². The van der Waals surface area contributed by atoms with E-state index in [1.807, 2.05) is 0 Å². The summed E-state index contributed by atoms with van der Waals surface area (Å²) in [4.78, 5) is 7.56. The van der Waals surface area contributed by atoms with Crippen molar-refractivity contribution in [2.24, 2.45) is 0 Å². The second-order valence-corrected chi connectivity index (χ2v) is 13.0. The Morgan fingerprint density at radius 1 is 0.561 bits per heavy atom. The van der Waals surface area contributed by atoms with E-state index in [0.717, 1.165) is 6.08 Å². The van der Waals surface area contributed by atoms with E-state index in [2.05, 4.69) is 19.9 Å². The normalized spacial score (nSPS) is 13.7. The van der Waals surface area contributed by atoms with Crippen molar-refractivity contribution in [3.63, 3.8) is 0 Å². The van der Waals surface area contributed by atoms with Crippen molar-refractivity contribution in [3.8, 4) is 0 Å². The largest absolute Gasteiger partial charge is 0.355 e. The van der Waals surface area contributed by atoms with E-state index in [-0.39, 0.29) is 30.9 Å². The van der Waals surface area contributed by atoms with Crippen LogP contribution in [0.5, 0.6) is 0 Å². The van der Waals surface area contributed by atoms with Crippen molar-refractivity contribution in [2.75, 3.05) is 0 Å². The van der Waals surface area contributed by atoms with Gasteiger partial charge in [0.15, 0.2) is 0 Å². The van der Waals surface area contributed by atoms with E-state index in [9.17, 15) is 38.9 Å². The number of H-pyrrole nitrogens is 4. The molecule has 1 aliphatic heterocycles. The van der Waals surface area contributed by atoms with Crippen molar-refractivity contribution in [1.82, 2.24) is 19.9 Å². The first-order chi connectivity index (χ1) is 18.7. The van der Waals surface area contributed by atoms with E-state index < -0.39 is 55.7 Å². The molecule has 5 aromatic rings. The molecule has 0 radical (unpaired) electrons. The Bertz CT molecular complexity index is 2470. The molecule has 0 spiro atoms. The molecule has 5 heterocycles. The maximum atomic E-state index is 12.6. The summed E-state index contributed by atoms with van der Waals surface area (Å²) in [6, 6.07) is 13.2. The van der Waals surface area contributed by atoms with Gasteiger partial charge in [0.25, 0.3) is 30.4 Å². The van der Waals surface area contributed by atoms with Crippen LogP contribution in [0.2, 0.25) is 0 Å². The third-order valence-corrected chi connectivity index (χ3v) is 9.23. The number of hydrogen-bond acceptors (Lipinski definition) is 6. The van der Waals surface area contributed by atoms with Crippen molar-refractivity contribution in [3.05, 3.63) is 92.7 Å². The van der Waals surface area contributed by atoms with Crippen molar-refractivity contribution < 1.29 is 58.4 Å². The standard InChI is InChI=1S/C24H18N4O9S3.Zn/c29-38(30,31)22-17-8-7-13(26-17)9-12-5-6-14(25-12)10-18-15-3-1-2-4-16(15)19(27-18)11-20-23(39(32,33)34)24(21(22)28-20)40(35,36)37;/h1-11,25-28H,(H,29,30,31)(H,32,33,34)(H,35,36,37);. The Hall–Kier alpha value is -3.57. The predicted octanol–water partition coefficient (Wildman–Crippen LogP) is -0.513. The number of rotatable bonds is 3. The molecule has 13 nitrogen and oxygen atoms in total. The second-order valence-electron chi connectivity index (χ2n) is 8.95. The molecule has 0 unspecified atom stereocenters. The Morgan fingerprint density at radius 2 is 1.15 bits per heavy atom. The number of fused-ring (bicyclic) bond motifs is 11. The Labute approximate surface area is 244 Å². The third kappa shape index (κ3) is 5.17. The summed E-state index contributed by atoms with van der Waals surface area (Å²) in [5.74, 6) is 0. The average Bonchev–Trinajstić information content (AvgIpc) is 3.60. The second kappa shape index (κ2) is 9.77. The van der Waals surface area contributed by atoms with Gasteiger partial charge in [-0.25, -0.2) is 0 Å². The topological polar surface area (TPSA) is 226 Å². The number of nitrogens with one attached hydrogen (secondary N) is 4. The number of aromatic nitrogens is 4. The first-order valence-electron chi connectivity index (χ1n) is 11.3. The Kier molecular flexibility index (Phi) is 6.90. The van der Waals surface area contributed by atoms with Crippen LogP contribution in [0, 0.1) is 0 Å². The van der Waals surface area contributed by atoms with Gasteiger partial charge in [-0.2, -0.15) is 25.3 Å². The van der Waals surface area contributed by atoms with E-state index in [1.54, 1.807) is 48.6 Å². The van der Waals surface area contributed by atoms with Crippen molar-refractivity contribution >= 4 is 64.3 Å². The van der Waals surface area contributed by atoms with Gasteiger partial charge < -0.3 is 19.9 Å². The summed E-state index contributed by atoms with van der Waals surface area (Å²) in [7, 11) is -16.2. The van der Waals surface area contributed by atoms with E-state index in [4.69, 9.17) is 0 Å². The van der Waals surface area contributed by atoms with E-state index >= 15 is 0 Å². The quantitative estimate of drug-likeness (QED) is 0.0970. The van der Waals surface area contributed by atoms with Crippen molar-refractivity contribution in [1.29, 1.82) is 0 Å². The maximum Gasteiger partial charge on any atom is 0.298 e. The van der Waals surface area contributed by atoms with E-state index in [1.165, 1.54) is 12.1 Å². The molecule has 0 atom stereocenters. The molecule has 1 aromatic carbocycles. The first kappa shape index (κ1) is 28.9. The molecule has 0 amide bonds. The summed E-state index contributed by atoms with van der Waals surface area (Å²) < 4.78 is 106. The summed E-state index contributed by atoms with van der Waals surface area (Å²) >= 11 is 0. The van der Waals surface area contributed by atoms with Crippen LogP contribution in [0.4, 0.5) is 0 Å². The van der Waals surface area contributed by atoms with Gasteiger partial charge in [-0.3, -0.25) is 13.7 Å². The predicted molar refractivity (Wildman–Crippen MR) is 144 cm³/mol. The molecule has 0 saturated heterocycles. The SMILES string of the molecule is O=S(=O)(O)C1=c2[nH]c(c(S(=O)(=O)O)c2S(=O)(=O)O)=Cc2[nH]c(c3ccccc23)C=c2ccc([nH]2)=Cc2ccc1[nH]2.[Zn]. The van der Waals surface area contributed by atoms with Gasteiger partial charge in [0.05, 0.1) is 16.4 Å². The zero-order valence-electron chi connectivity index (χ0n) is 20.6. The monoisotopic (exact) mass is 666 g/mol. The average molecular weight is 668 g/mol. The summed E-state index contributed by atoms with van der Waals surface area (Å²) in [6.07, 6.45) is 4.54. The van der Waals surface area contributed by atoms with Crippen LogP contribution in [-0.2, 0) is 49.8 Å². The number of hydrogen-bond donors (Lipinski definition) is 7. The van der Waals surface area contributed by atoms with Crippen LogP contribution in [0.15, 0.2) is 58.3 Å². The number of aromatic amines is 4. The van der Waals surface area contributed by atoms with Gasteiger partial charge in [-0.05, 0) is 42.5 Å². The van der Waals surface area contributed by atoms with Crippen molar-refractivity contribution in [2.45, 2.75) is 9.79 Å². The fourth-order valence-electron chi connectivity index (χ4n) is 4.80. The third-order valence-electron chi connectivity index (χ3n) is 6.30. The molecule has 1 aliphatic rings. The van der Waals surface area contributed by atoms with E-state index in [0.29, 0.717) is 32.9 Å². The van der Waals surface area contributed by atoms with Crippen LogP contribution in [0.1, 0.15) is 22.8 Å². The van der Waals surface area contributed by atoms with Gasteiger partial charge in [-0.1, -0.05) is 24.3 Å². The molecule has 17 heteroatoms. The molecule has 4 aromatic heterocycles. The first-order valence-corrected chi connectivity index (χ1v) is 15.6. The van der Waals surface area contributed by atoms with Crippen LogP contribution in [-0.4, -0.2) is 58.8 Å². The van der Waals surface area contributed by atoms with Crippen LogP contribution < -0.4 is 21.4 Å². The van der Waals surface area contributed by atoms with Gasteiger partial charge in [0.1, 0.15) is 14.7 Å². The van der Waals surface area contributed by atoms with Gasteiger partial charge in [0.2, 0.25) is 0 Å². The zero-order valence-corrected chi connectivity index (χ0v) is 26.0. The summed E-state index contributed by atoms with van der Waals surface area (Å²) in [6.45, 7) is 0. The Balaban J connectivity index is 0.00000337. The summed E-state index contributed by atoms with van der Waals surface area (Å²) in [5, 5.41) is 0.981. The molecule has 8 bridgehead atoms. The zero-order chi connectivity index (χ0) is 28.6. The molecule has 0 aliphatic carbocycles. The summed E-state index contributed by atoms with van der Waals surface area (Å²) in [5.41, 5.74) is 0.824. The molecule has 6 rings (SSSR count). The fraction of sp³-hybridized carbons (Fsp3) is 0. The minimum atomic E-state index is -5.53. The van der Waals surface area contributed by atoms with Gasteiger partial charge in [0, 0.05) is 58.0 Å². The maximum absolute atomic E-state index is 12.6. The number of benzene rings is 1. The molecule has 7 N–H and O–H groups in total. The molecular formula is C24H18N4O9S3Zn. The molecule has 0 saturated carbocycles. The molecule has 41 heavy (non-hydrogen) atoms. The minimum absolute atomic E-state index is 0. The smallest absolute Gasteiger partial charge is 0.298 e. The molecule has 0 fully saturated rings. The molecular weight excluding hydrogens is 650 g/mol. The minimum Gasteiger partial charge on any atom is -0.355 e. The van der Waals surface area contributed by atoms with Gasteiger partial charge >= 0.3 is 0 Å².